The van der Waals surface area contributed by atoms with E-state index in [4.69, 9.17) is 17.3 Å². The number of carbonyl (C=O) groups excluding carboxylic acids is 1. The van der Waals surface area contributed by atoms with Gasteiger partial charge in [0, 0.05) is 0 Å². The van der Waals surface area contributed by atoms with Gasteiger partial charge in [-0.05, 0) is 12.1 Å². The van der Waals surface area contributed by atoms with Gasteiger partial charge in [-0.2, -0.15) is 0 Å². The summed E-state index contributed by atoms with van der Waals surface area (Å²) in [7, 11) is -3.88. The van der Waals surface area contributed by atoms with Crippen molar-refractivity contribution in [1.29, 1.82) is 0 Å². The van der Waals surface area contributed by atoms with E-state index in [0.717, 1.165) is 0 Å². The van der Waals surface area contributed by atoms with Gasteiger partial charge in [0.15, 0.2) is 0 Å². The summed E-state index contributed by atoms with van der Waals surface area (Å²) in [5.74, 6) is 0. The molecule has 15 heavy (non-hydrogen) atoms. The Bertz CT molecular complexity index is 474. The largest absolute Gasteiger partial charge is 0.351 e. The monoisotopic (exact) mass is 249 g/mol. The molecule has 0 heterocycles. The molecule has 6 nitrogen and oxygen atoms in total. The molecule has 0 saturated carbocycles. The zero-order chi connectivity index (χ0) is 11.5. The molecule has 4 N–H and O–H groups in total. The first-order valence-corrected chi connectivity index (χ1v) is 5.61. The predicted octanol–water partition coefficient (Wildman–Crippen LogP) is 0.202. The molecule has 0 aliphatic heterocycles. The highest BCUT2D eigenvalue weighted by Gasteiger charge is 2.17. The van der Waals surface area contributed by atoms with Gasteiger partial charge in [0.2, 0.25) is 0 Å². The fourth-order valence-corrected chi connectivity index (χ4v) is 2.20. The highest BCUT2D eigenvalue weighted by atomic mass is 35.5. The van der Waals surface area contributed by atoms with Crippen LogP contribution in [0.1, 0.15) is 0 Å². The van der Waals surface area contributed by atoms with Gasteiger partial charge in [-0.15, -0.1) is 4.83 Å². The normalized spacial score (nSPS) is 11.0. The molecule has 2 amide bonds. The minimum Gasteiger partial charge on any atom is -0.351 e. The van der Waals surface area contributed by atoms with Gasteiger partial charge >= 0.3 is 6.03 Å². The number of hydrazine groups is 1. The third-order valence-corrected chi connectivity index (χ3v) is 3.18. The summed E-state index contributed by atoms with van der Waals surface area (Å²) in [5, 5.41) is 0.0521. The van der Waals surface area contributed by atoms with Crippen molar-refractivity contribution in [3.63, 3.8) is 0 Å². The lowest BCUT2D eigenvalue weighted by molar-refractivity contribution is 0.247. The summed E-state index contributed by atoms with van der Waals surface area (Å²) >= 11 is 5.66. The van der Waals surface area contributed by atoms with Crippen molar-refractivity contribution in [3.05, 3.63) is 29.3 Å². The van der Waals surface area contributed by atoms with Crippen LogP contribution < -0.4 is 16.0 Å². The van der Waals surface area contributed by atoms with E-state index < -0.39 is 16.1 Å². The Kier molecular flexibility index (Phi) is 3.51. The molecular weight excluding hydrogens is 242 g/mol. The van der Waals surface area contributed by atoms with Gasteiger partial charge in [-0.25, -0.2) is 13.2 Å². The van der Waals surface area contributed by atoms with E-state index >= 15 is 0 Å². The van der Waals surface area contributed by atoms with E-state index in [9.17, 15) is 13.2 Å². The molecule has 0 aliphatic rings. The second-order valence-electron chi connectivity index (χ2n) is 2.53. The minimum atomic E-state index is -3.88. The van der Waals surface area contributed by atoms with Crippen LogP contribution in [-0.4, -0.2) is 14.4 Å². The van der Waals surface area contributed by atoms with Crippen LogP contribution in [0.3, 0.4) is 0 Å². The topological polar surface area (TPSA) is 101 Å². The number of carbonyl (C=O) groups is 1. The van der Waals surface area contributed by atoms with Gasteiger partial charge < -0.3 is 5.73 Å². The summed E-state index contributed by atoms with van der Waals surface area (Å²) in [6, 6.07) is 4.80. The highest BCUT2D eigenvalue weighted by molar-refractivity contribution is 7.89. The van der Waals surface area contributed by atoms with Crippen molar-refractivity contribution < 1.29 is 13.2 Å². The molecule has 0 spiro atoms. The fourth-order valence-electron chi connectivity index (χ4n) is 0.835. The first-order valence-electron chi connectivity index (χ1n) is 3.75. The lowest BCUT2D eigenvalue weighted by Gasteiger charge is -2.07. The number of hydrogen-bond donors (Lipinski definition) is 3. The van der Waals surface area contributed by atoms with Gasteiger partial charge in [0.1, 0.15) is 4.90 Å². The Balaban J connectivity index is 2.97. The lowest BCUT2D eigenvalue weighted by atomic mass is 10.4. The minimum absolute atomic E-state index is 0.0521. The van der Waals surface area contributed by atoms with Crippen molar-refractivity contribution in [2.24, 2.45) is 5.73 Å². The summed E-state index contributed by atoms with van der Waals surface area (Å²) in [6.45, 7) is 0. The lowest BCUT2D eigenvalue weighted by Crippen LogP contribution is -2.44. The number of benzene rings is 1. The molecule has 0 bridgehead atoms. The van der Waals surface area contributed by atoms with Gasteiger partial charge in [-0.3, -0.25) is 5.43 Å². The van der Waals surface area contributed by atoms with Gasteiger partial charge in [-0.1, -0.05) is 23.7 Å². The maximum atomic E-state index is 11.5. The molecule has 8 heteroatoms. The van der Waals surface area contributed by atoms with E-state index in [1.165, 1.54) is 18.2 Å². The van der Waals surface area contributed by atoms with Crippen LogP contribution in [0, 0.1) is 0 Å². The second kappa shape index (κ2) is 4.47. The average Bonchev–Trinajstić information content (AvgIpc) is 2.15. The number of sulfonamides is 1. The van der Waals surface area contributed by atoms with Crippen LogP contribution in [0.5, 0.6) is 0 Å². The average molecular weight is 250 g/mol. The first kappa shape index (κ1) is 11.8. The van der Waals surface area contributed by atoms with E-state index in [-0.39, 0.29) is 9.92 Å². The second-order valence-corrected chi connectivity index (χ2v) is 4.58. The quantitative estimate of drug-likeness (QED) is 0.667. The molecule has 0 unspecified atom stereocenters. The third kappa shape index (κ3) is 3.08. The Hall–Kier alpha value is -1.31. The maximum Gasteiger partial charge on any atom is 0.327 e. The van der Waals surface area contributed by atoms with E-state index in [0.29, 0.717) is 0 Å². The summed E-state index contributed by atoms with van der Waals surface area (Å²) in [5.41, 5.74) is 6.46. The smallest absolute Gasteiger partial charge is 0.327 e. The standard InChI is InChI=1S/C7H8ClN3O3S/c8-5-3-1-2-4-6(5)15(13,14)11-10-7(9)12/h1-4,11H,(H3,9,10,12). The number of amides is 2. The maximum absolute atomic E-state index is 11.5. The molecule has 0 fully saturated rings. The Morgan fingerprint density at radius 3 is 2.47 bits per heavy atom. The zero-order valence-electron chi connectivity index (χ0n) is 7.40. The van der Waals surface area contributed by atoms with E-state index in [1.807, 2.05) is 0 Å². The van der Waals surface area contributed by atoms with Crippen molar-refractivity contribution in [2.75, 3.05) is 0 Å². The molecular formula is C7H8ClN3O3S. The molecule has 0 radical (unpaired) electrons. The highest BCUT2D eigenvalue weighted by Crippen LogP contribution is 2.19. The molecule has 1 aromatic rings. The number of rotatable bonds is 3. The van der Waals surface area contributed by atoms with Crippen molar-refractivity contribution in [1.82, 2.24) is 10.3 Å². The summed E-state index contributed by atoms with van der Waals surface area (Å²) in [4.78, 5) is 12.0. The zero-order valence-corrected chi connectivity index (χ0v) is 8.97. The molecule has 82 valence electrons. The van der Waals surface area contributed by atoms with Crippen molar-refractivity contribution in [3.8, 4) is 0 Å². The molecule has 0 saturated heterocycles. The van der Waals surface area contributed by atoms with Crippen LogP contribution >= 0.6 is 11.6 Å². The van der Waals surface area contributed by atoms with Crippen LogP contribution in [0.25, 0.3) is 0 Å². The van der Waals surface area contributed by atoms with Crippen LogP contribution in [0.15, 0.2) is 29.2 Å². The number of nitrogens with two attached hydrogens (primary N) is 1. The van der Waals surface area contributed by atoms with Gasteiger partial charge in [0.25, 0.3) is 10.0 Å². The Morgan fingerprint density at radius 2 is 1.93 bits per heavy atom. The SMILES string of the molecule is NC(=O)NNS(=O)(=O)c1ccccc1Cl. The number of urea groups is 1. The van der Waals surface area contributed by atoms with Crippen molar-refractivity contribution >= 4 is 27.7 Å². The number of nitrogens with one attached hydrogen (secondary N) is 2. The molecule has 0 aromatic heterocycles. The molecule has 1 aromatic carbocycles. The molecule has 1 rings (SSSR count). The van der Waals surface area contributed by atoms with Crippen LogP contribution in [0.2, 0.25) is 5.02 Å². The summed E-state index contributed by atoms with van der Waals surface area (Å²) in [6.07, 6.45) is 0. The number of hydrogen-bond acceptors (Lipinski definition) is 3. The Labute approximate surface area is 91.4 Å². The van der Waals surface area contributed by atoms with Crippen molar-refractivity contribution in [2.45, 2.75) is 4.90 Å². The van der Waals surface area contributed by atoms with Crippen LogP contribution in [-0.2, 0) is 10.0 Å². The summed E-state index contributed by atoms with van der Waals surface area (Å²) < 4.78 is 23.0. The third-order valence-electron chi connectivity index (χ3n) is 1.43. The fraction of sp³-hybridized carbons (Fsp3) is 0. The van der Waals surface area contributed by atoms with E-state index in [1.54, 1.807) is 16.3 Å². The number of halogens is 1. The first-order chi connectivity index (χ1) is 6.93. The molecule has 0 aliphatic carbocycles. The van der Waals surface area contributed by atoms with E-state index in [2.05, 4.69) is 0 Å². The number of primary amides is 1. The van der Waals surface area contributed by atoms with Crippen LogP contribution in [0.4, 0.5) is 4.79 Å². The van der Waals surface area contributed by atoms with Gasteiger partial charge in [0.05, 0.1) is 5.02 Å². The molecule has 0 atom stereocenters. The Morgan fingerprint density at radius 1 is 1.33 bits per heavy atom. The predicted molar refractivity (Wildman–Crippen MR) is 54.5 cm³/mol.